The number of benzene rings is 1. The van der Waals surface area contributed by atoms with Gasteiger partial charge in [-0.1, -0.05) is 36.9 Å². The summed E-state index contributed by atoms with van der Waals surface area (Å²) in [5, 5.41) is 1.43. The summed E-state index contributed by atoms with van der Waals surface area (Å²) < 4.78 is 10.8. The molecule has 7 heteroatoms. The second-order valence-electron chi connectivity index (χ2n) is 7.64. The molecule has 1 aromatic rings. The summed E-state index contributed by atoms with van der Waals surface area (Å²) in [5.74, 6) is -0.212. The number of piperidine rings is 1. The van der Waals surface area contributed by atoms with Crippen molar-refractivity contribution < 1.29 is 23.9 Å². The zero-order valence-electron chi connectivity index (χ0n) is 17.5. The predicted octanol–water partition coefficient (Wildman–Crippen LogP) is 2.73. The monoisotopic (exact) mass is 414 g/mol. The Labute approximate surface area is 177 Å². The summed E-state index contributed by atoms with van der Waals surface area (Å²) in [7, 11) is 1.36. The molecular weight excluding hydrogens is 384 g/mol. The summed E-state index contributed by atoms with van der Waals surface area (Å²) in [6.45, 7) is 10.2. The first-order valence-electron chi connectivity index (χ1n) is 10.2. The van der Waals surface area contributed by atoms with Crippen LogP contribution in [-0.2, 0) is 25.7 Å². The fraction of sp³-hybridized carbons (Fsp3) is 0.478. The molecule has 7 nitrogen and oxygen atoms in total. The molecule has 2 aliphatic heterocycles. The third-order valence-electron chi connectivity index (χ3n) is 5.91. The van der Waals surface area contributed by atoms with Crippen LogP contribution in [0.15, 0.2) is 49.6 Å². The Morgan fingerprint density at radius 3 is 2.57 bits per heavy atom. The minimum atomic E-state index is -0.678. The van der Waals surface area contributed by atoms with Gasteiger partial charge in [0, 0.05) is 31.6 Å². The van der Waals surface area contributed by atoms with E-state index in [0.717, 1.165) is 30.9 Å². The Bertz CT molecular complexity index is 786. The van der Waals surface area contributed by atoms with Crippen LogP contribution in [0.25, 0.3) is 0 Å². The van der Waals surface area contributed by atoms with E-state index < -0.39 is 11.5 Å². The zero-order valence-corrected chi connectivity index (χ0v) is 17.5. The molecule has 2 aliphatic rings. The molecule has 162 valence electrons. The van der Waals surface area contributed by atoms with Crippen molar-refractivity contribution in [1.29, 1.82) is 0 Å². The first kappa shape index (κ1) is 22.1. The summed E-state index contributed by atoms with van der Waals surface area (Å²) >= 11 is 0. The number of rotatable bonds is 9. The average molecular weight is 415 g/mol. The van der Waals surface area contributed by atoms with E-state index in [0.29, 0.717) is 19.4 Å². The summed E-state index contributed by atoms with van der Waals surface area (Å²) in [6, 6.07) is 7.96. The lowest BCUT2D eigenvalue weighted by atomic mass is 9.77. The first-order chi connectivity index (χ1) is 14.6. The molecule has 1 amide bonds. The maximum Gasteiger partial charge on any atom is 0.311 e. The van der Waals surface area contributed by atoms with Crippen LogP contribution in [0.1, 0.15) is 24.8 Å². The van der Waals surface area contributed by atoms with Gasteiger partial charge in [-0.2, -0.15) is 0 Å². The Morgan fingerprint density at radius 1 is 1.20 bits per heavy atom. The molecule has 2 saturated heterocycles. The smallest absolute Gasteiger partial charge is 0.311 e. The van der Waals surface area contributed by atoms with Crippen LogP contribution in [0.4, 0.5) is 0 Å². The summed E-state index contributed by atoms with van der Waals surface area (Å²) in [6.07, 6.45) is 4.70. The standard InChI is InChI=1S/C23H30N2O5/c1-4-14-29-20-9-7-6-8-18(20)17-24-12-10-23(11-13-24)19(22(27)28-3)16-21(26)25(23)30-15-5-2/h4-9,19H,1-2,10-17H2,3H3. The van der Waals surface area contributed by atoms with Crippen LogP contribution in [0.3, 0.4) is 0 Å². The van der Waals surface area contributed by atoms with Crippen LogP contribution in [-0.4, -0.2) is 60.8 Å². The van der Waals surface area contributed by atoms with E-state index in [2.05, 4.69) is 24.1 Å². The molecule has 2 fully saturated rings. The van der Waals surface area contributed by atoms with E-state index in [1.807, 2.05) is 18.2 Å². The van der Waals surface area contributed by atoms with E-state index in [1.165, 1.54) is 12.2 Å². The molecule has 0 N–H and O–H groups in total. The highest BCUT2D eigenvalue weighted by Crippen LogP contribution is 2.44. The number of hydrogen-bond donors (Lipinski definition) is 0. The second-order valence-corrected chi connectivity index (χ2v) is 7.64. The number of hydroxylamine groups is 2. The fourth-order valence-corrected chi connectivity index (χ4v) is 4.42. The van der Waals surface area contributed by atoms with E-state index in [-0.39, 0.29) is 24.9 Å². The molecule has 0 aromatic heterocycles. The largest absolute Gasteiger partial charge is 0.489 e. The summed E-state index contributed by atoms with van der Waals surface area (Å²) in [5.41, 5.74) is 0.421. The third kappa shape index (κ3) is 4.42. The molecule has 3 rings (SSSR count). The van der Waals surface area contributed by atoms with E-state index >= 15 is 0 Å². The van der Waals surface area contributed by atoms with Gasteiger partial charge < -0.3 is 9.47 Å². The minimum absolute atomic E-state index is 0.113. The van der Waals surface area contributed by atoms with Crippen molar-refractivity contribution in [3.05, 3.63) is 55.1 Å². The maximum absolute atomic E-state index is 12.6. The van der Waals surface area contributed by atoms with Crippen LogP contribution in [0, 0.1) is 5.92 Å². The van der Waals surface area contributed by atoms with Gasteiger partial charge in [-0.15, -0.1) is 6.58 Å². The lowest BCUT2D eigenvalue weighted by Crippen LogP contribution is -2.57. The third-order valence-corrected chi connectivity index (χ3v) is 5.91. The van der Waals surface area contributed by atoms with Crippen molar-refractivity contribution in [1.82, 2.24) is 9.96 Å². The molecule has 1 atom stereocenters. The van der Waals surface area contributed by atoms with Gasteiger partial charge in [0.25, 0.3) is 0 Å². The number of ether oxygens (including phenoxy) is 2. The van der Waals surface area contributed by atoms with Crippen molar-refractivity contribution in [2.75, 3.05) is 33.4 Å². The molecule has 0 bridgehead atoms. The highest BCUT2D eigenvalue weighted by molar-refractivity contribution is 5.88. The van der Waals surface area contributed by atoms with E-state index in [1.54, 1.807) is 12.2 Å². The van der Waals surface area contributed by atoms with Gasteiger partial charge in [0.05, 0.1) is 25.2 Å². The number of nitrogens with zero attached hydrogens (tertiary/aromatic N) is 2. The van der Waals surface area contributed by atoms with Gasteiger partial charge in [0.15, 0.2) is 0 Å². The van der Waals surface area contributed by atoms with Crippen molar-refractivity contribution in [2.45, 2.75) is 31.3 Å². The lowest BCUT2D eigenvalue weighted by molar-refractivity contribution is -0.218. The number of esters is 1. The van der Waals surface area contributed by atoms with E-state index in [9.17, 15) is 9.59 Å². The summed E-state index contributed by atoms with van der Waals surface area (Å²) in [4.78, 5) is 33.1. The highest BCUT2D eigenvalue weighted by Gasteiger charge is 2.58. The Kier molecular flexibility index (Phi) is 7.29. The molecule has 30 heavy (non-hydrogen) atoms. The SMILES string of the molecule is C=CCOc1ccccc1CN1CCC2(CC1)C(C(=O)OC)CC(=O)N2OCC=C. The number of carbonyl (C=O) groups is 2. The second kappa shape index (κ2) is 9.91. The van der Waals surface area contributed by atoms with Gasteiger partial charge in [-0.05, 0) is 18.9 Å². The quantitative estimate of drug-likeness (QED) is 0.457. The van der Waals surface area contributed by atoms with Crippen molar-refractivity contribution in [3.63, 3.8) is 0 Å². The Hall–Kier alpha value is -2.64. The lowest BCUT2D eigenvalue weighted by Gasteiger charge is -2.45. The fourth-order valence-electron chi connectivity index (χ4n) is 4.42. The average Bonchev–Trinajstić information content (AvgIpc) is 3.03. The highest BCUT2D eigenvalue weighted by atomic mass is 16.7. The number of para-hydroxylation sites is 1. The molecule has 1 aromatic carbocycles. The van der Waals surface area contributed by atoms with Crippen LogP contribution < -0.4 is 4.74 Å². The molecule has 1 spiro atoms. The van der Waals surface area contributed by atoms with Gasteiger partial charge >= 0.3 is 5.97 Å². The first-order valence-corrected chi connectivity index (χ1v) is 10.2. The molecule has 2 heterocycles. The molecular formula is C23H30N2O5. The van der Waals surface area contributed by atoms with Crippen molar-refractivity contribution in [2.24, 2.45) is 5.92 Å². The van der Waals surface area contributed by atoms with Gasteiger partial charge in [0.2, 0.25) is 5.91 Å². The number of hydrogen-bond acceptors (Lipinski definition) is 6. The Balaban J connectivity index is 1.74. The Morgan fingerprint density at radius 2 is 1.90 bits per heavy atom. The van der Waals surface area contributed by atoms with Gasteiger partial charge in [-0.25, -0.2) is 5.06 Å². The van der Waals surface area contributed by atoms with Crippen LogP contribution >= 0.6 is 0 Å². The number of carbonyl (C=O) groups excluding carboxylic acids is 2. The number of likely N-dealkylation sites (tertiary alicyclic amines) is 1. The normalized spacial score (nSPS) is 20.9. The topological polar surface area (TPSA) is 68.3 Å². The predicted molar refractivity (Wildman–Crippen MR) is 112 cm³/mol. The van der Waals surface area contributed by atoms with Gasteiger partial charge in [-0.3, -0.25) is 19.3 Å². The zero-order chi connectivity index (χ0) is 21.6. The minimum Gasteiger partial charge on any atom is -0.489 e. The number of amides is 1. The number of methoxy groups -OCH3 is 1. The van der Waals surface area contributed by atoms with Crippen molar-refractivity contribution in [3.8, 4) is 5.75 Å². The van der Waals surface area contributed by atoms with E-state index in [4.69, 9.17) is 14.3 Å². The molecule has 0 saturated carbocycles. The van der Waals surface area contributed by atoms with Crippen LogP contribution in [0.2, 0.25) is 0 Å². The molecule has 0 radical (unpaired) electrons. The molecule has 0 aliphatic carbocycles. The molecule has 1 unspecified atom stereocenters. The van der Waals surface area contributed by atoms with Gasteiger partial charge in [0.1, 0.15) is 12.4 Å². The van der Waals surface area contributed by atoms with Crippen molar-refractivity contribution >= 4 is 11.9 Å². The van der Waals surface area contributed by atoms with Crippen LogP contribution in [0.5, 0.6) is 5.75 Å². The maximum atomic E-state index is 12.6.